The Kier molecular flexibility index (Phi) is 5.77. The highest BCUT2D eigenvalue weighted by Crippen LogP contribution is 2.39. The molecule has 0 spiro atoms. The minimum absolute atomic E-state index is 0.366. The minimum atomic E-state index is -5.10. The SMILES string of the molecule is N#CC(C#N)=C(C#N)Nc1cc(C(=O)O)cc(Br)c1OC(F)(F)F. The molecule has 0 aliphatic heterocycles. The van der Waals surface area contributed by atoms with E-state index in [9.17, 15) is 18.0 Å². The van der Waals surface area contributed by atoms with Crippen LogP contribution in [-0.2, 0) is 0 Å². The number of carboxylic acids is 1. The molecule has 0 amide bonds. The van der Waals surface area contributed by atoms with E-state index in [1.54, 1.807) is 0 Å². The summed E-state index contributed by atoms with van der Waals surface area (Å²) in [7, 11) is 0. The van der Waals surface area contributed by atoms with E-state index in [1.165, 1.54) is 18.2 Å². The number of nitriles is 3. The van der Waals surface area contributed by atoms with Gasteiger partial charge in [0.25, 0.3) is 0 Å². The van der Waals surface area contributed by atoms with Gasteiger partial charge >= 0.3 is 12.3 Å². The third kappa shape index (κ3) is 4.63. The highest BCUT2D eigenvalue weighted by Gasteiger charge is 2.34. The van der Waals surface area contributed by atoms with Crippen LogP contribution >= 0.6 is 15.9 Å². The lowest BCUT2D eigenvalue weighted by Crippen LogP contribution is -2.19. The van der Waals surface area contributed by atoms with Gasteiger partial charge in [0.05, 0.1) is 15.7 Å². The molecule has 1 aromatic carbocycles. The molecule has 0 saturated heterocycles. The van der Waals surface area contributed by atoms with Crippen molar-refractivity contribution >= 4 is 27.6 Å². The molecule has 0 aliphatic rings. The van der Waals surface area contributed by atoms with E-state index in [1.807, 2.05) is 0 Å². The van der Waals surface area contributed by atoms with E-state index >= 15 is 0 Å². The highest BCUT2D eigenvalue weighted by atomic mass is 79.9. The number of anilines is 1. The predicted molar refractivity (Wildman–Crippen MR) is 75.3 cm³/mol. The van der Waals surface area contributed by atoms with Crippen molar-refractivity contribution in [3.05, 3.63) is 33.4 Å². The summed E-state index contributed by atoms with van der Waals surface area (Å²) in [5.41, 5.74) is -2.36. The number of carbonyl (C=O) groups is 1. The Morgan fingerprint density at radius 3 is 2.21 bits per heavy atom. The van der Waals surface area contributed by atoms with Crippen molar-refractivity contribution in [1.82, 2.24) is 0 Å². The Morgan fingerprint density at radius 2 is 1.79 bits per heavy atom. The van der Waals surface area contributed by atoms with Crippen molar-refractivity contribution in [2.75, 3.05) is 5.32 Å². The summed E-state index contributed by atoms with van der Waals surface area (Å²) in [6.45, 7) is 0. The highest BCUT2D eigenvalue weighted by molar-refractivity contribution is 9.10. The summed E-state index contributed by atoms with van der Waals surface area (Å²) in [4.78, 5) is 11.0. The van der Waals surface area contributed by atoms with E-state index < -0.39 is 40.6 Å². The van der Waals surface area contributed by atoms with Gasteiger partial charge < -0.3 is 15.2 Å². The van der Waals surface area contributed by atoms with Gasteiger partial charge in [-0.2, -0.15) is 15.8 Å². The summed E-state index contributed by atoms with van der Waals surface area (Å²) >= 11 is 2.74. The Balaban J connectivity index is 3.57. The number of aromatic carboxylic acids is 1. The van der Waals surface area contributed by atoms with Crippen molar-refractivity contribution in [1.29, 1.82) is 15.8 Å². The van der Waals surface area contributed by atoms with E-state index in [2.05, 4.69) is 26.0 Å². The summed E-state index contributed by atoms with van der Waals surface area (Å²) in [5, 5.41) is 37.4. The second kappa shape index (κ2) is 7.36. The fraction of sp³-hybridized carbons (Fsp3) is 0.0769. The first kappa shape index (κ1) is 18.8. The largest absolute Gasteiger partial charge is 0.573 e. The van der Waals surface area contributed by atoms with Crippen LogP contribution in [0.1, 0.15) is 10.4 Å². The molecule has 1 rings (SSSR count). The molecule has 0 atom stereocenters. The normalized spacial score (nSPS) is 9.88. The molecule has 0 fully saturated rings. The zero-order valence-corrected chi connectivity index (χ0v) is 12.9. The number of alkyl halides is 3. The van der Waals surface area contributed by atoms with Crippen LogP contribution in [0, 0.1) is 34.0 Å². The zero-order chi connectivity index (χ0) is 18.5. The van der Waals surface area contributed by atoms with E-state index in [-0.39, 0.29) is 4.47 Å². The average molecular weight is 401 g/mol. The van der Waals surface area contributed by atoms with Gasteiger partial charge in [-0.05, 0) is 28.1 Å². The van der Waals surface area contributed by atoms with Gasteiger partial charge in [0.2, 0.25) is 0 Å². The van der Waals surface area contributed by atoms with Crippen LogP contribution < -0.4 is 10.1 Å². The molecule has 0 bridgehead atoms. The van der Waals surface area contributed by atoms with Crippen molar-refractivity contribution < 1.29 is 27.8 Å². The van der Waals surface area contributed by atoms with Crippen molar-refractivity contribution in [3.63, 3.8) is 0 Å². The van der Waals surface area contributed by atoms with Gasteiger partial charge in [-0.1, -0.05) is 0 Å². The number of rotatable bonds is 4. The van der Waals surface area contributed by atoms with Crippen molar-refractivity contribution in [2.24, 2.45) is 0 Å². The molecule has 0 unspecified atom stereocenters. The van der Waals surface area contributed by atoms with Gasteiger partial charge in [-0.25, -0.2) is 4.79 Å². The maximum atomic E-state index is 12.5. The van der Waals surface area contributed by atoms with Gasteiger partial charge in [0, 0.05) is 0 Å². The Hall–Kier alpha value is -3.23. The van der Waals surface area contributed by atoms with E-state index in [0.717, 1.165) is 12.1 Å². The minimum Gasteiger partial charge on any atom is -0.478 e. The number of carboxylic acid groups (broad SMARTS) is 1. The number of nitrogens with zero attached hydrogens (tertiary/aromatic N) is 3. The summed E-state index contributed by atoms with van der Waals surface area (Å²) in [6, 6.07) is 5.83. The number of benzene rings is 1. The smallest absolute Gasteiger partial charge is 0.478 e. The quantitative estimate of drug-likeness (QED) is 0.741. The van der Waals surface area contributed by atoms with Crippen LogP contribution in [0.2, 0.25) is 0 Å². The molecule has 7 nitrogen and oxygen atoms in total. The standard InChI is InChI=1S/C13H4BrF3N4O3/c14-8-1-6(12(22)23)2-9(11(8)24-13(15,16)17)21-10(5-20)7(3-18)4-19/h1-2,21H,(H,22,23). The van der Waals surface area contributed by atoms with Gasteiger partial charge in [-0.15, -0.1) is 13.2 Å². The summed E-state index contributed by atoms with van der Waals surface area (Å²) < 4.78 is 40.9. The lowest BCUT2D eigenvalue weighted by molar-refractivity contribution is -0.274. The number of allylic oxidation sites excluding steroid dienone is 2. The number of halogens is 4. The first-order chi connectivity index (χ1) is 11.1. The lowest BCUT2D eigenvalue weighted by Gasteiger charge is -2.16. The van der Waals surface area contributed by atoms with Crippen molar-refractivity contribution in [3.8, 4) is 24.0 Å². The maximum absolute atomic E-state index is 12.5. The van der Waals surface area contributed by atoms with E-state index in [0.29, 0.717) is 0 Å². The molecule has 122 valence electrons. The number of nitrogens with one attached hydrogen (secondary N) is 1. The van der Waals surface area contributed by atoms with Gasteiger partial charge in [-0.3, -0.25) is 0 Å². The second-order valence-electron chi connectivity index (χ2n) is 3.90. The number of hydrogen-bond acceptors (Lipinski definition) is 6. The Bertz CT molecular complexity index is 828. The molecular weight excluding hydrogens is 397 g/mol. The number of ether oxygens (including phenoxy) is 1. The fourth-order valence-corrected chi connectivity index (χ4v) is 1.99. The van der Waals surface area contributed by atoms with Crippen LogP contribution in [-0.4, -0.2) is 17.4 Å². The molecule has 0 saturated carbocycles. The molecule has 0 aliphatic carbocycles. The first-order valence-electron chi connectivity index (χ1n) is 5.67. The monoisotopic (exact) mass is 400 g/mol. The fourth-order valence-electron chi connectivity index (χ4n) is 1.45. The topological polar surface area (TPSA) is 130 Å². The molecule has 0 aromatic heterocycles. The van der Waals surface area contributed by atoms with Crippen LogP contribution in [0.15, 0.2) is 27.9 Å². The lowest BCUT2D eigenvalue weighted by atomic mass is 10.1. The first-order valence-corrected chi connectivity index (χ1v) is 6.46. The zero-order valence-electron chi connectivity index (χ0n) is 11.3. The summed E-state index contributed by atoms with van der Waals surface area (Å²) in [5.74, 6) is -2.32. The van der Waals surface area contributed by atoms with Crippen molar-refractivity contribution in [2.45, 2.75) is 6.36 Å². The Morgan fingerprint density at radius 1 is 1.21 bits per heavy atom. The predicted octanol–water partition coefficient (Wildman–Crippen LogP) is 3.28. The third-order valence-corrected chi connectivity index (χ3v) is 2.94. The van der Waals surface area contributed by atoms with Crippen LogP contribution in [0.4, 0.5) is 18.9 Å². The molecule has 1 aromatic rings. The Labute approximate surface area is 140 Å². The molecular formula is C13H4BrF3N4O3. The molecule has 2 N–H and O–H groups in total. The van der Waals surface area contributed by atoms with Crippen LogP contribution in [0.3, 0.4) is 0 Å². The molecule has 11 heteroatoms. The average Bonchev–Trinajstić information content (AvgIpc) is 2.48. The molecule has 0 heterocycles. The maximum Gasteiger partial charge on any atom is 0.573 e. The second-order valence-corrected chi connectivity index (χ2v) is 4.75. The molecule has 24 heavy (non-hydrogen) atoms. The molecule has 0 radical (unpaired) electrons. The van der Waals surface area contributed by atoms with Crippen LogP contribution in [0.5, 0.6) is 5.75 Å². The third-order valence-electron chi connectivity index (χ3n) is 2.35. The number of hydrogen-bond donors (Lipinski definition) is 2. The van der Waals surface area contributed by atoms with Gasteiger partial charge in [0.15, 0.2) is 11.3 Å². The summed E-state index contributed by atoms with van der Waals surface area (Å²) in [6.07, 6.45) is -5.10. The van der Waals surface area contributed by atoms with E-state index in [4.69, 9.17) is 20.9 Å². The van der Waals surface area contributed by atoms with Crippen LogP contribution in [0.25, 0.3) is 0 Å². The van der Waals surface area contributed by atoms with Gasteiger partial charge in [0.1, 0.15) is 23.9 Å².